The molecule has 4 heteroatoms. The molecule has 1 fully saturated rings. The second-order valence-corrected chi connectivity index (χ2v) is 9.03. The first kappa shape index (κ1) is 16.3. The van der Waals surface area contributed by atoms with Gasteiger partial charge in [0.1, 0.15) is 5.01 Å². The molecule has 114 valence electrons. The van der Waals surface area contributed by atoms with Crippen LogP contribution in [0.15, 0.2) is 0 Å². The molecule has 2 nitrogen and oxygen atoms in total. The topological polar surface area (TPSA) is 24.9 Å². The summed E-state index contributed by atoms with van der Waals surface area (Å²) in [6.07, 6.45) is 5.24. The van der Waals surface area contributed by atoms with Crippen molar-refractivity contribution in [1.82, 2.24) is 10.3 Å². The minimum absolute atomic E-state index is 0.150. The highest BCUT2D eigenvalue weighted by Crippen LogP contribution is 2.42. The zero-order chi connectivity index (χ0) is 14.6. The smallest absolute Gasteiger partial charge is 0.106 e. The van der Waals surface area contributed by atoms with E-state index in [1.54, 1.807) is 0 Å². The van der Waals surface area contributed by atoms with Gasteiger partial charge in [-0.3, -0.25) is 0 Å². The fraction of sp³-hybridized carbons (Fsp3) is 0.812. The van der Waals surface area contributed by atoms with E-state index in [1.807, 2.05) is 11.3 Å². The van der Waals surface area contributed by atoms with E-state index >= 15 is 0 Å². The van der Waals surface area contributed by atoms with E-state index in [2.05, 4.69) is 44.8 Å². The van der Waals surface area contributed by atoms with E-state index < -0.39 is 0 Å². The second kappa shape index (κ2) is 7.28. The number of aromatic nitrogens is 1. The lowest BCUT2D eigenvalue weighted by molar-refractivity contribution is 0.555. The predicted octanol–water partition coefficient (Wildman–Crippen LogP) is 4.90. The fourth-order valence-corrected chi connectivity index (χ4v) is 5.32. The second-order valence-electron chi connectivity index (χ2n) is 6.61. The molecule has 20 heavy (non-hydrogen) atoms. The SMILES string of the molecule is CCCNCc1sc(C2CCCCS2)nc1C(C)(C)C. The van der Waals surface area contributed by atoms with Crippen molar-refractivity contribution in [2.75, 3.05) is 12.3 Å². The highest BCUT2D eigenvalue weighted by molar-refractivity contribution is 7.99. The van der Waals surface area contributed by atoms with Crippen LogP contribution in [0.2, 0.25) is 0 Å². The van der Waals surface area contributed by atoms with Gasteiger partial charge < -0.3 is 5.32 Å². The summed E-state index contributed by atoms with van der Waals surface area (Å²) in [7, 11) is 0. The van der Waals surface area contributed by atoms with Crippen molar-refractivity contribution in [1.29, 1.82) is 0 Å². The molecule has 1 atom stereocenters. The van der Waals surface area contributed by atoms with Crippen LogP contribution in [0.4, 0.5) is 0 Å². The molecule has 2 rings (SSSR count). The Balaban J connectivity index is 2.17. The average Bonchev–Trinajstić information content (AvgIpc) is 2.84. The molecule has 1 unspecified atom stereocenters. The largest absolute Gasteiger partial charge is 0.312 e. The van der Waals surface area contributed by atoms with Crippen LogP contribution >= 0.6 is 23.1 Å². The molecule has 1 aromatic heterocycles. The highest BCUT2D eigenvalue weighted by Gasteiger charge is 2.26. The van der Waals surface area contributed by atoms with Crippen molar-refractivity contribution in [3.8, 4) is 0 Å². The number of thioether (sulfide) groups is 1. The normalized spacial score (nSPS) is 20.3. The lowest BCUT2D eigenvalue weighted by Gasteiger charge is -2.19. The molecule has 0 radical (unpaired) electrons. The van der Waals surface area contributed by atoms with Crippen LogP contribution in [0.3, 0.4) is 0 Å². The number of nitrogens with zero attached hydrogens (tertiary/aromatic N) is 1. The lowest BCUT2D eigenvalue weighted by atomic mass is 9.91. The Morgan fingerprint density at radius 1 is 1.30 bits per heavy atom. The molecule has 2 heterocycles. The van der Waals surface area contributed by atoms with Crippen LogP contribution in [0.25, 0.3) is 0 Å². The summed E-state index contributed by atoms with van der Waals surface area (Å²) in [5, 5.41) is 5.56. The van der Waals surface area contributed by atoms with Crippen LogP contribution in [0, 0.1) is 0 Å². The van der Waals surface area contributed by atoms with E-state index in [1.165, 1.54) is 47.0 Å². The van der Waals surface area contributed by atoms with Gasteiger partial charge in [-0.25, -0.2) is 4.98 Å². The van der Waals surface area contributed by atoms with E-state index in [0.717, 1.165) is 13.1 Å². The zero-order valence-electron chi connectivity index (χ0n) is 13.3. The molecular weight excluding hydrogens is 284 g/mol. The van der Waals surface area contributed by atoms with Gasteiger partial charge in [0.2, 0.25) is 0 Å². The van der Waals surface area contributed by atoms with E-state index in [-0.39, 0.29) is 5.41 Å². The average molecular weight is 313 g/mol. The first-order chi connectivity index (χ1) is 9.52. The Kier molecular flexibility index (Phi) is 5.94. The van der Waals surface area contributed by atoms with Crippen LogP contribution in [0.1, 0.15) is 74.2 Å². The molecule has 1 saturated heterocycles. The maximum Gasteiger partial charge on any atom is 0.106 e. The monoisotopic (exact) mass is 312 g/mol. The van der Waals surface area contributed by atoms with E-state index in [4.69, 9.17) is 4.98 Å². The van der Waals surface area contributed by atoms with Gasteiger partial charge in [-0.2, -0.15) is 11.8 Å². The Morgan fingerprint density at radius 2 is 2.10 bits per heavy atom. The molecule has 0 spiro atoms. The number of hydrogen-bond acceptors (Lipinski definition) is 4. The number of hydrogen-bond donors (Lipinski definition) is 1. The van der Waals surface area contributed by atoms with Crippen molar-refractivity contribution in [2.24, 2.45) is 0 Å². The summed E-state index contributed by atoms with van der Waals surface area (Å²) in [4.78, 5) is 6.49. The number of thiazole rings is 1. The third-order valence-electron chi connectivity index (χ3n) is 3.59. The minimum atomic E-state index is 0.150. The first-order valence-electron chi connectivity index (χ1n) is 7.84. The standard InChI is InChI=1S/C16H28N2S2/c1-5-9-17-11-13-14(16(2,3)4)18-15(20-13)12-8-6-7-10-19-12/h12,17H,5-11H2,1-4H3. The molecule has 0 bridgehead atoms. The van der Waals surface area contributed by atoms with Gasteiger partial charge in [-0.15, -0.1) is 11.3 Å². The van der Waals surface area contributed by atoms with Crippen molar-refractivity contribution < 1.29 is 0 Å². The van der Waals surface area contributed by atoms with Crippen LogP contribution < -0.4 is 5.32 Å². The van der Waals surface area contributed by atoms with E-state index in [0.29, 0.717) is 5.25 Å². The Hall–Kier alpha value is -0.0600. The van der Waals surface area contributed by atoms with Gasteiger partial charge in [0.05, 0.1) is 10.9 Å². The summed E-state index contributed by atoms with van der Waals surface area (Å²) in [5.41, 5.74) is 1.46. The zero-order valence-corrected chi connectivity index (χ0v) is 14.9. The summed E-state index contributed by atoms with van der Waals surface area (Å²) in [6.45, 7) is 11.1. The number of rotatable bonds is 5. The number of nitrogens with one attached hydrogen (secondary N) is 1. The molecule has 1 aromatic rings. The van der Waals surface area contributed by atoms with Crippen molar-refractivity contribution >= 4 is 23.1 Å². The van der Waals surface area contributed by atoms with Gasteiger partial charge in [0.25, 0.3) is 0 Å². The van der Waals surface area contributed by atoms with E-state index in [9.17, 15) is 0 Å². The Bertz CT molecular complexity index is 415. The minimum Gasteiger partial charge on any atom is -0.312 e. The third-order valence-corrected chi connectivity index (χ3v) is 6.30. The van der Waals surface area contributed by atoms with Crippen molar-refractivity contribution in [2.45, 2.75) is 70.6 Å². The molecule has 0 aliphatic carbocycles. The molecule has 1 aliphatic rings. The van der Waals surface area contributed by atoms with Crippen LogP contribution in [-0.4, -0.2) is 17.3 Å². The molecule has 1 N–H and O–H groups in total. The summed E-state index contributed by atoms with van der Waals surface area (Å²) >= 11 is 4.05. The summed E-state index contributed by atoms with van der Waals surface area (Å²) in [6, 6.07) is 0. The molecule has 0 saturated carbocycles. The van der Waals surface area contributed by atoms with Gasteiger partial charge >= 0.3 is 0 Å². The van der Waals surface area contributed by atoms with Crippen molar-refractivity contribution in [3.63, 3.8) is 0 Å². The third kappa shape index (κ3) is 4.22. The van der Waals surface area contributed by atoms with Crippen molar-refractivity contribution in [3.05, 3.63) is 15.6 Å². The summed E-state index contributed by atoms with van der Waals surface area (Å²) < 4.78 is 0. The summed E-state index contributed by atoms with van der Waals surface area (Å²) in [5.74, 6) is 1.30. The molecule has 0 amide bonds. The lowest BCUT2D eigenvalue weighted by Crippen LogP contribution is -2.19. The van der Waals surface area contributed by atoms with Gasteiger partial charge in [-0.05, 0) is 31.6 Å². The highest BCUT2D eigenvalue weighted by atomic mass is 32.2. The maximum atomic E-state index is 5.04. The predicted molar refractivity (Wildman–Crippen MR) is 91.9 cm³/mol. The van der Waals surface area contributed by atoms with Crippen LogP contribution in [0.5, 0.6) is 0 Å². The Labute approximate surface area is 132 Å². The molecular formula is C16H28N2S2. The van der Waals surface area contributed by atoms with Crippen LogP contribution in [-0.2, 0) is 12.0 Å². The molecule has 0 aromatic carbocycles. The van der Waals surface area contributed by atoms with Gasteiger partial charge in [0.15, 0.2) is 0 Å². The maximum absolute atomic E-state index is 5.04. The van der Waals surface area contributed by atoms with Gasteiger partial charge in [0, 0.05) is 16.8 Å². The molecule has 1 aliphatic heterocycles. The Morgan fingerprint density at radius 3 is 2.70 bits per heavy atom. The quantitative estimate of drug-likeness (QED) is 0.783. The first-order valence-corrected chi connectivity index (χ1v) is 9.71. The van der Waals surface area contributed by atoms with Gasteiger partial charge in [-0.1, -0.05) is 34.1 Å². The fourth-order valence-electron chi connectivity index (χ4n) is 2.53.